The molecule has 0 aromatic heterocycles. The molecule has 1 amide bonds. The normalized spacial score (nSPS) is 15.2. The van der Waals surface area contributed by atoms with Gasteiger partial charge in [0.05, 0.1) is 0 Å². The summed E-state index contributed by atoms with van der Waals surface area (Å²) in [7, 11) is 0. The van der Waals surface area contributed by atoms with Gasteiger partial charge in [-0.05, 0) is 18.8 Å². The van der Waals surface area contributed by atoms with Crippen LogP contribution in [0.25, 0.3) is 0 Å². The summed E-state index contributed by atoms with van der Waals surface area (Å²) in [5.41, 5.74) is 0. The number of hydrogen-bond donors (Lipinski definition) is 1. The van der Waals surface area contributed by atoms with Gasteiger partial charge in [-0.2, -0.15) is 0 Å². The highest BCUT2D eigenvalue weighted by Gasteiger charge is 2.34. The maximum Gasteiger partial charge on any atom is 0.323 e. The van der Waals surface area contributed by atoms with Crippen LogP contribution in [-0.4, -0.2) is 34.5 Å². The Morgan fingerprint density at radius 3 is 2.25 bits per heavy atom. The molecule has 1 fully saturated rings. The standard InChI is InChI=1S/C12H21NO3/c1-3-9(4-2)7-11(14)13(8-12(15)16)10-5-6-10/h9-10H,3-8H2,1-2H3,(H,15,16). The number of carbonyl (C=O) groups excluding carboxylic acids is 1. The Balaban J connectivity index is 2.49. The van der Waals surface area contributed by atoms with E-state index in [1.807, 2.05) is 0 Å². The number of carboxylic acids is 1. The number of hydrogen-bond acceptors (Lipinski definition) is 2. The third-order valence-corrected chi connectivity index (χ3v) is 3.23. The quantitative estimate of drug-likeness (QED) is 0.722. The van der Waals surface area contributed by atoms with Crippen molar-refractivity contribution in [3.63, 3.8) is 0 Å². The predicted molar refractivity (Wildman–Crippen MR) is 61.1 cm³/mol. The molecular formula is C12H21NO3. The Kier molecular flexibility index (Phi) is 4.77. The molecule has 0 atom stereocenters. The van der Waals surface area contributed by atoms with E-state index in [4.69, 9.17) is 5.11 Å². The van der Waals surface area contributed by atoms with Crippen LogP contribution in [-0.2, 0) is 9.59 Å². The van der Waals surface area contributed by atoms with Gasteiger partial charge in [-0.25, -0.2) is 0 Å². The third-order valence-electron chi connectivity index (χ3n) is 3.23. The number of nitrogens with zero attached hydrogens (tertiary/aromatic N) is 1. The second-order valence-corrected chi connectivity index (χ2v) is 4.53. The van der Waals surface area contributed by atoms with Gasteiger partial charge in [-0.1, -0.05) is 26.7 Å². The molecule has 1 N–H and O–H groups in total. The Hall–Kier alpha value is -1.06. The van der Waals surface area contributed by atoms with Crippen LogP contribution >= 0.6 is 0 Å². The van der Waals surface area contributed by atoms with Crippen LogP contribution in [0, 0.1) is 5.92 Å². The lowest BCUT2D eigenvalue weighted by Crippen LogP contribution is -2.38. The lowest BCUT2D eigenvalue weighted by molar-refractivity contribution is -0.145. The van der Waals surface area contributed by atoms with Crippen LogP contribution in [0.3, 0.4) is 0 Å². The first-order chi connectivity index (χ1) is 7.58. The summed E-state index contributed by atoms with van der Waals surface area (Å²) in [4.78, 5) is 24.2. The maximum absolute atomic E-state index is 12.0. The van der Waals surface area contributed by atoms with Crippen molar-refractivity contribution in [2.45, 2.75) is 52.0 Å². The molecule has 1 rings (SSSR count). The van der Waals surface area contributed by atoms with Crippen LogP contribution in [0.1, 0.15) is 46.0 Å². The first-order valence-electron chi connectivity index (χ1n) is 6.09. The van der Waals surface area contributed by atoms with Crippen molar-refractivity contribution in [1.29, 1.82) is 0 Å². The van der Waals surface area contributed by atoms with E-state index in [9.17, 15) is 9.59 Å². The van der Waals surface area contributed by atoms with Crippen LogP contribution in [0.5, 0.6) is 0 Å². The highest BCUT2D eigenvalue weighted by molar-refractivity contribution is 5.82. The van der Waals surface area contributed by atoms with Crippen LogP contribution in [0.15, 0.2) is 0 Å². The van der Waals surface area contributed by atoms with E-state index in [1.54, 1.807) is 4.90 Å². The van der Waals surface area contributed by atoms with Gasteiger partial charge in [0.1, 0.15) is 6.54 Å². The van der Waals surface area contributed by atoms with Crippen molar-refractivity contribution >= 4 is 11.9 Å². The van der Waals surface area contributed by atoms with E-state index in [1.165, 1.54) is 0 Å². The summed E-state index contributed by atoms with van der Waals surface area (Å²) in [5.74, 6) is -0.508. The zero-order valence-electron chi connectivity index (χ0n) is 10.1. The Bertz CT molecular complexity index is 257. The maximum atomic E-state index is 12.0. The average Bonchev–Trinajstić information content (AvgIpc) is 3.05. The molecule has 0 bridgehead atoms. The van der Waals surface area contributed by atoms with E-state index in [2.05, 4.69) is 13.8 Å². The minimum Gasteiger partial charge on any atom is -0.480 e. The van der Waals surface area contributed by atoms with Gasteiger partial charge in [-0.3, -0.25) is 9.59 Å². The summed E-state index contributed by atoms with van der Waals surface area (Å²) in [6.07, 6.45) is 4.38. The molecule has 0 spiro atoms. The molecule has 4 heteroatoms. The third kappa shape index (κ3) is 3.83. The first kappa shape index (κ1) is 13.0. The van der Waals surface area contributed by atoms with E-state index >= 15 is 0 Å². The second-order valence-electron chi connectivity index (χ2n) is 4.53. The smallest absolute Gasteiger partial charge is 0.323 e. The van der Waals surface area contributed by atoms with Crippen molar-refractivity contribution in [2.24, 2.45) is 5.92 Å². The van der Waals surface area contributed by atoms with Gasteiger partial charge in [0.25, 0.3) is 0 Å². The molecule has 1 aliphatic carbocycles. The monoisotopic (exact) mass is 227 g/mol. The van der Waals surface area contributed by atoms with Crippen molar-refractivity contribution in [3.8, 4) is 0 Å². The van der Waals surface area contributed by atoms with Crippen molar-refractivity contribution in [3.05, 3.63) is 0 Å². The molecule has 4 nitrogen and oxygen atoms in total. The summed E-state index contributed by atoms with van der Waals surface area (Å²) >= 11 is 0. The fourth-order valence-corrected chi connectivity index (χ4v) is 1.89. The van der Waals surface area contributed by atoms with E-state index < -0.39 is 5.97 Å². The highest BCUT2D eigenvalue weighted by Crippen LogP contribution is 2.28. The molecule has 0 aromatic rings. The molecule has 0 saturated heterocycles. The van der Waals surface area contributed by atoms with Gasteiger partial charge < -0.3 is 10.0 Å². The number of amides is 1. The van der Waals surface area contributed by atoms with Crippen molar-refractivity contribution in [2.75, 3.05) is 6.54 Å². The van der Waals surface area contributed by atoms with Crippen molar-refractivity contribution < 1.29 is 14.7 Å². The molecule has 0 unspecified atom stereocenters. The van der Waals surface area contributed by atoms with Gasteiger partial charge in [0.2, 0.25) is 5.91 Å². The Morgan fingerprint density at radius 2 is 1.88 bits per heavy atom. The number of aliphatic carboxylic acids is 1. The minimum absolute atomic E-state index is 0.0126. The van der Waals surface area contributed by atoms with E-state index in [0.29, 0.717) is 12.3 Å². The van der Waals surface area contributed by atoms with E-state index in [-0.39, 0.29) is 18.5 Å². The molecule has 0 aliphatic heterocycles. The Labute approximate surface area is 96.6 Å². The lowest BCUT2D eigenvalue weighted by atomic mass is 9.99. The number of rotatable bonds is 7. The minimum atomic E-state index is -0.912. The zero-order chi connectivity index (χ0) is 12.1. The van der Waals surface area contributed by atoms with Crippen LogP contribution in [0.2, 0.25) is 0 Å². The molecule has 1 aliphatic rings. The fourth-order valence-electron chi connectivity index (χ4n) is 1.89. The fraction of sp³-hybridized carbons (Fsp3) is 0.833. The molecule has 16 heavy (non-hydrogen) atoms. The first-order valence-corrected chi connectivity index (χ1v) is 6.09. The van der Waals surface area contributed by atoms with Gasteiger partial charge in [0.15, 0.2) is 0 Å². The largest absolute Gasteiger partial charge is 0.480 e. The SMILES string of the molecule is CCC(CC)CC(=O)N(CC(=O)O)C1CC1. The molecule has 0 aromatic carbocycles. The summed E-state index contributed by atoms with van der Waals surface area (Å²) < 4.78 is 0. The van der Waals surface area contributed by atoms with Crippen LogP contribution < -0.4 is 0 Å². The van der Waals surface area contributed by atoms with Gasteiger partial charge in [-0.15, -0.1) is 0 Å². The molecule has 1 saturated carbocycles. The topological polar surface area (TPSA) is 57.6 Å². The molecule has 92 valence electrons. The van der Waals surface area contributed by atoms with Gasteiger partial charge >= 0.3 is 5.97 Å². The molecular weight excluding hydrogens is 206 g/mol. The Morgan fingerprint density at radius 1 is 1.31 bits per heavy atom. The predicted octanol–water partition coefficient (Wildman–Crippen LogP) is 1.89. The van der Waals surface area contributed by atoms with E-state index in [0.717, 1.165) is 25.7 Å². The zero-order valence-corrected chi connectivity index (χ0v) is 10.1. The average molecular weight is 227 g/mol. The summed E-state index contributed by atoms with van der Waals surface area (Å²) in [5, 5.41) is 8.76. The van der Waals surface area contributed by atoms with Gasteiger partial charge in [0, 0.05) is 12.5 Å². The molecule has 0 heterocycles. The second kappa shape index (κ2) is 5.87. The van der Waals surface area contributed by atoms with Crippen LogP contribution in [0.4, 0.5) is 0 Å². The number of carboxylic acid groups (broad SMARTS) is 1. The van der Waals surface area contributed by atoms with Crippen molar-refractivity contribution in [1.82, 2.24) is 4.90 Å². The summed E-state index contributed by atoms with van der Waals surface area (Å²) in [6, 6.07) is 0.193. The summed E-state index contributed by atoms with van der Waals surface area (Å²) in [6.45, 7) is 4.00. The molecule has 0 radical (unpaired) electrons. The highest BCUT2D eigenvalue weighted by atomic mass is 16.4. The number of carbonyl (C=O) groups is 2. The lowest BCUT2D eigenvalue weighted by Gasteiger charge is -2.22.